The van der Waals surface area contributed by atoms with Gasteiger partial charge in [0.05, 0.1) is 16.3 Å². The predicted molar refractivity (Wildman–Crippen MR) is 139 cm³/mol. The van der Waals surface area contributed by atoms with Crippen LogP contribution in [-0.2, 0) is 9.59 Å². The van der Waals surface area contributed by atoms with Gasteiger partial charge in [0, 0.05) is 28.3 Å². The summed E-state index contributed by atoms with van der Waals surface area (Å²) in [7, 11) is 0. The molecular weight excluding hydrogens is 509 g/mol. The monoisotopic (exact) mass is 527 g/mol. The number of aryl methyl sites for hydroxylation is 2. The molecule has 1 atom stereocenters. The summed E-state index contributed by atoms with van der Waals surface area (Å²) in [6.45, 7) is 3.94. The zero-order valence-electron chi connectivity index (χ0n) is 18.6. The molecule has 0 saturated carbocycles. The lowest BCUT2D eigenvalue weighted by molar-refractivity contribution is -0.130. The number of nitrogens with zero attached hydrogens (tertiary/aromatic N) is 3. The van der Waals surface area contributed by atoms with Crippen LogP contribution < -0.4 is 15.6 Å². The summed E-state index contributed by atoms with van der Waals surface area (Å²) in [5, 5.41) is 6.94. The first kappa shape index (κ1) is 24.6. The molecule has 2 aromatic carbocycles. The molecule has 4 rings (SSSR count). The maximum atomic E-state index is 13.0. The molecule has 1 saturated heterocycles. The van der Waals surface area contributed by atoms with Gasteiger partial charge in [-0.2, -0.15) is 5.10 Å². The summed E-state index contributed by atoms with van der Waals surface area (Å²) < 4.78 is 2.01. The van der Waals surface area contributed by atoms with E-state index in [2.05, 4.69) is 15.8 Å². The maximum absolute atomic E-state index is 13.0. The van der Waals surface area contributed by atoms with Gasteiger partial charge in [0.25, 0.3) is 11.8 Å². The van der Waals surface area contributed by atoms with E-state index in [4.69, 9.17) is 35.4 Å². The smallest absolute Gasteiger partial charge is 0.272 e. The van der Waals surface area contributed by atoms with Gasteiger partial charge >= 0.3 is 0 Å². The van der Waals surface area contributed by atoms with Crippen LogP contribution in [0.1, 0.15) is 21.7 Å². The molecule has 0 unspecified atom stereocenters. The first-order chi connectivity index (χ1) is 16.7. The van der Waals surface area contributed by atoms with Crippen LogP contribution in [0, 0.1) is 19.8 Å². The van der Waals surface area contributed by atoms with Crippen LogP contribution >= 0.6 is 35.4 Å². The Morgan fingerprint density at radius 3 is 2.29 bits per heavy atom. The van der Waals surface area contributed by atoms with Gasteiger partial charge < -0.3 is 9.88 Å². The summed E-state index contributed by atoms with van der Waals surface area (Å²) in [4.78, 5) is 39.1. The van der Waals surface area contributed by atoms with Gasteiger partial charge in [-0.15, -0.1) is 0 Å². The second-order valence-corrected chi connectivity index (χ2v) is 8.99. The van der Waals surface area contributed by atoms with Crippen LogP contribution in [0.4, 0.5) is 5.69 Å². The number of carbonyl (C=O) groups excluding carboxylic acids is 3. The van der Waals surface area contributed by atoms with Gasteiger partial charge in [-0.3, -0.25) is 19.3 Å². The van der Waals surface area contributed by atoms with Crippen molar-refractivity contribution in [3.05, 3.63) is 81.6 Å². The third-order valence-electron chi connectivity index (χ3n) is 5.40. The molecule has 3 aromatic rings. The number of anilines is 1. The SMILES string of the molecule is Cc1ccc(C)n1-c1ccc(C(=O)N/N=C\[C@@H]2C(=O)NC(=S)N(c3ccc(Cl)cc3)C2=O)c(Cl)c1. The molecular formula is C24H19Cl2N5O3S. The molecule has 178 valence electrons. The summed E-state index contributed by atoms with van der Waals surface area (Å²) in [6.07, 6.45) is 1.05. The number of nitrogens with one attached hydrogen (secondary N) is 2. The Morgan fingerprint density at radius 1 is 1.03 bits per heavy atom. The highest BCUT2D eigenvalue weighted by molar-refractivity contribution is 7.80. The van der Waals surface area contributed by atoms with E-state index in [9.17, 15) is 14.4 Å². The van der Waals surface area contributed by atoms with Gasteiger partial charge in [0.2, 0.25) is 5.91 Å². The number of benzene rings is 2. The highest BCUT2D eigenvalue weighted by Gasteiger charge is 2.38. The van der Waals surface area contributed by atoms with Gasteiger partial charge in [0.1, 0.15) is 0 Å². The van der Waals surface area contributed by atoms with E-state index < -0.39 is 23.6 Å². The minimum atomic E-state index is -1.30. The van der Waals surface area contributed by atoms with Crippen molar-refractivity contribution in [2.24, 2.45) is 11.0 Å². The normalized spacial score (nSPS) is 16.1. The second-order valence-electron chi connectivity index (χ2n) is 7.76. The Balaban J connectivity index is 1.48. The molecule has 2 N–H and O–H groups in total. The average Bonchev–Trinajstić information content (AvgIpc) is 3.14. The van der Waals surface area contributed by atoms with E-state index in [0.29, 0.717) is 10.7 Å². The van der Waals surface area contributed by atoms with Gasteiger partial charge in [-0.1, -0.05) is 23.2 Å². The zero-order chi connectivity index (χ0) is 25.3. The third-order valence-corrected chi connectivity index (χ3v) is 6.25. The Bertz CT molecular complexity index is 1360. The topological polar surface area (TPSA) is 95.8 Å². The largest absolute Gasteiger partial charge is 0.318 e. The lowest BCUT2D eigenvalue weighted by atomic mass is 10.1. The summed E-state index contributed by atoms with van der Waals surface area (Å²) >= 11 is 17.4. The van der Waals surface area contributed by atoms with Gasteiger partial charge in [-0.05, 0) is 80.7 Å². The predicted octanol–water partition coefficient (Wildman–Crippen LogP) is 4.18. The first-order valence-corrected chi connectivity index (χ1v) is 11.6. The number of hydrogen-bond donors (Lipinski definition) is 2. The van der Waals surface area contributed by atoms with E-state index in [1.165, 1.54) is 4.90 Å². The lowest BCUT2D eigenvalue weighted by Gasteiger charge is -2.30. The van der Waals surface area contributed by atoms with Crippen molar-refractivity contribution in [2.75, 3.05) is 4.90 Å². The number of thiocarbonyl (C=S) groups is 1. The first-order valence-electron chi connectivity index (χ1n) is 10.4. The van der Waals surface area contributed by atoms with Crippen molar-refractivity contribution < 1.29 is 14.4 Å². The van der Waals surface area contributed by atoms with E-state index in [1.54, 1.807) is 42.5 Å². The molecule has 35 heavy (non-hydrogen) atoms. The fourth-order valence-corrected chi connectivity index (χ4v) is 4.37. The number of amides is 3. The molecule has 11 heteroatoms. The Labute approximate surface area is 216 Å². The van der Waals surface area contributed by atoms with Crippen molar-refractivity contribution in [1.82, 2.24) is 15.3 Å². The van der Waals surface area contributed by atoms with Crippen molar-refractivity contribution in [2.45, 2.75) is 13.8 Å². The quantitative estimate of drug-likeness (QED) is 0.225. The standard InChI is InChI=1S/C24H19Cl2N5O3S/c1-13-3-4-14(2)30(13)17-9-10-18(20(26)11-17)22(33)29-27-12-19-21(32)28-24(35)31(23(19)34)16-7-5-15(25)6-8-16/h3-12,19H,1-2H3,(H,29,33)(H,28,32,35)/b27-12-/t19-/m1/s1. The van der Waals surface area contributed by atoms with Crippen molar-refractivity contribution in [3.63, 3.8) is 0 Å². The molecule has 0 radical (unpaired) electrons. The Kier molecular flexibility index (Phi) is 7.02. The maximum Gasteiger partial charge on any atom is 0.272 e. The highest BCUT2D eigenvalue weighted by Crippen LogP contribution is 2.24. The van der Waals surface area contributed by atoms with E-state index >= 15 is 0 Å². The molecule has 3 amide bonds. The average molecular weight is 528 g/mol. The number of aromatic nitrogens is 1. The van der Waals surface area contributed by atoms with E-state index in [0.717, 1.165) is 23.3 Å². The van der Waals surface area contributed by atoms with Crippen LogP contribution in [-0.4, -0.2) is 33.6 Å². The highest BCUT2D eigenvalue weighted by atomic mass is 35.5. The Hall–Kier alpha value is -3.53. The fraction of sp³-hybridized carbons (Fsp3) is 0.125. The van der Waals surface area contributed by atoms with Crippen molar-refractivity contribution in [1.29, 1.82) is 0 Å². The number of rotatable bonds is 5. The molecule has 8 nitrogen and oxygen atoms in total. The van der Waals surface area contributed by atoms with E-state index in [-0.39, 0.29) is 15.7 Å². The fourth-order valence-electron chi connectivity index (χ4n) is 3.69. The van der Waals surface area contributed by atoms with Crippen LogP contribution in [0.5, 0.6) is 0 Å². The minimum Gasteiger partial charge on any atom is -0.318 e. The molecule has 0 bridgehead atoms. The summed E-state index contributed by atoms with van der Waals surface area (Å²) in [5.41, 5.74) is 5.82. The molecule has 1 fully saturated rings. The van der Waals surface area contributed by atoms with Crippen molar-refractivity contribution in [3.8, 4) is 5.69 Å². The summed E-state index contributed by atoms with van der Waals surface area (Å²) in [5.74, 6) is -3.15. The van der Waals surface area contributed by atoms with Crippen LogP contribution in [0.15, 0.2) is 59.7 Å². The number of carbonyl (C=O) groups is 3. The molecule has 1 aliphatic heterocycles. The number of halogens is 2. The molecule has 1 aliphatic rings. The summed E-state index contributed by atoms with van der Waals surface area (Å²) in [6, 6.07) is 15.4. The minimum absolute atomic E-state index is 0.0592. The lowest BCUT2D eigenvalue weighted by Crippen LogP contribution is -2.58. The molecule has 0 spiro atoms. The zero-order valence-corrected chi connectivity index (χ0v) is 20.9. The van der Waals surface area contributed by atoms with Crippen LogP contribution in [0.25, 0.3) is 5.69 Å². The van der Waals surface area contributed by atoms with Gasteiger partial charge in [-0.25, -0.2) is 5.43 Å². The molecule has 2 heterocycles. The second kappa shape index (κ2) is 9.99. The number of hydrogen-bond acceptors (Lipinski definition) is 5. The Morgan fingerprint density at radius 2 is 1.66 bits per heavy atom. The van der Waals surface area contributed by atoms with E-state index in [1.807, 2.05) is 30.5 Å². The van der Waals surface area contributed by atoms with Crippen molar-refractivity contribution >= 4 is 70.2 Å². The molecule has 1 aromatic heterocycles. The van der Waals surface area contributed by atoms with Crippen LogP contribution in [0.3, 0.4) is 0 Å². The third kappa shape index (κ3) is 4.97. The molecule has 0 aliphatic carbocycles. The van der Waals surface area contributed by atoms with Gasteiger partial charge in [0.15, 0.2) is 11.0 Å². The number of hydrazone groups is 1. The van der Waals surface area contributed by atoms with Crippen LogP contribution in [0.2, 0.25) is 10.0 Å².